The summed E-state index contributed by atoms with van der Waals surface area (Å²) in [7, 11) is 0. The quantitative estimate of drug-likeness (QED) is 0.867. The summed E-state index contributed by atoms with van der Waals surface area (Å²) in [6.07, 6.45) is 3.42. The van der Waals surface area contributed by atoms with Gasteiger partial charge in [-0.3, -0.25) is 0 Å². The van der Waals surface area contributed by atoms with E-state index in [1.54, 1.807) is 12.1 Å². The van der Waals surface area contributed by atoms with E-state index in [1.165, 1.54) is 23.6 Å². The molecule has 1 atom stereocenters. The monoisotopic (exact) mass is 289 g/mol. The fraction of sp³-hybridized carbons (Fsp3) is 0.294. The SMILES string of the molecule is Fc1cc(Cl)ccc1CNC1CCCc2ccccc21. The third-order valence-electron chi connectivity index (χ3n) is 3.92. The van der Waals surface area contributed by atoms with Gasteiger partial charge in [0.05, 0.1) is 0 Å². The Hall–Kier alpha value is -1.38. The van der Waals surface area contributed by atoms with Crippen molar-refractivity contribution in [2.24, 2.45) is 0 Å². The predicted molar refractivity (Wildman–Crippen MR) is 80.4 cm³/mol. The largest absolute Gasteiger partial charge is 0.306 e. The van der Waals surface area contributed by atoms with Crippen LogP contribution in [0.15, 0.2) is 42.5 Å². The zero-order valence-electron chi connectivity index (χ0n) is 11.2. The van der Waals surface area contributed by atoms with Gasteiger partial charge in [0.15, 0.2) is 0 Å². The van der Waals surface area contributed by atoms with Crippen molar-refractivity contribution in [2.45, 2.75) is 31.8 Å². The summed E-state index contributed by atoms with van der Waals surface area (Å²) in [5.74, 6) is -0.242. The summed E-state index contributed by atoms with van der Waals surface area (Å²) in [4.78, 5) is 0. The maximum atomic E-state index is 13.8. The van der Waals surface area contributed by atoms with Gasteiger partial charge in [-0.1, -0.05) is 41.9 Å². The Kier molecular flexibility index (Phi) is 4.04. The van der Waals surface area contributed by atoms with Crippen molar-refractivity contribution in [3.8, 4) is 0 Å². The molecule has 0 bridgehead atoms. The van der Waals surface area contributed by atoms with Gasteiger partial charge in [0, 0.05) is 23.2 Å². The molecule has 1 N–H and O–H groups in total. The zero-order valence-corrected chi connectivity index (χ0v) is 12.0. The summed E-state index contributed by atoms with van der Waals surface area (Å²) in [6.45, 7) is 0.530. The standard InChI is InChI=1S/C17H17ClFN/c18-14-9-8-13(16(19)10-14)11-20-17-7-3-5-12-4-1-2-6-15(12)17/h1-2,4,6,8-10,17,20H,3,5,7,11H2. The Balaban J connectivity index is 1.73. The van der Waals surface area contributed by atoms with Crippen LogP contribution in [0.1, 0.15) is 35.6 Å². The lowest BCUT2D eigenvalue weighted by Crippen LogP contribution is -2.25. The van der Waals surface area contributed by atoms with Gasteiger partial charge < -0.3 is 5.32 Å². The van der Waals surface area contributed by atoms with Gasteiger partial charge in [0.25, 0.3) is 0 Å². The van der Waals surface area contributed by atoms with Gasteiger partial charge in [-0.2, -0.15) is 0 Å². The molecule has 0 heterocycles. The molecule has 1 aliphatic carbocycles. The first kappa shape index (κ1) is 13.6. The van der Waals surface area contributed by atoms with Gasteiger partial charge in [0.2, 0.25) is 0 Å². The highest BCUT2D eigenvalue weighted by Gasteiger charge is 2.19. The minimum atomic E-state index is -0.242. The fourth-order valence-corrected chi connectivity index (χ4v) is 3.02. The van der Waals surface area contributed by atoms with Crippen LogP contribution in [0.5, 0.6) is 0 Å². The van der Waals surface area contributed by atoms with E-state index in [-0.39, 0.29) is 5.82 Å². The highest BCUT2D eigenvalue weighted by Crippen LogP contribution is 2.29. The molecule has 104 valence electrons. The highest BCUT2D eigenvalue weighted by molar-refractivity contribution is 6.30. The first-order valence-electron chi connectivity index (χ1n) is 6.99. The van der Waals surface area contributed by atoms with Crippen LogP contribution < -0.4 is 5.32 Å². The molecule has 1 nitrogen and oxygen atoms in total. The molecule has 0 aliphatic heterocycles. The number of fused-ring (bicyclic) bond motifs is 1. The van der Waals surface area contributed by atoms with Gasteiger partial charge in [0.1, 0.15) is 5.82 Å². The molecule has 3 rings (SSSR count). The van der Waals surface area contributed by atoms with Crippen molar-refractivity contribution in [1.82, 2.24) is 5.32 Å². The van der Waals surface area contributed by atoms with E-state index < -0.39 is 0 Å². The van der Waals surface area contributed by atoms with Crippen LogP contribution in [0.2, 0.25) is 5.02 Å². The Morgan fingerprint density at radius 2 is 2.05 bits per heavy atom. The first-order chi connectivity index (χ1) is 9.74. The molecule has 0 amide bonds. The molecule has 2 aromatic rings. The summed E-state index contributed by atoms with van der Waals surface area (Å²) >= 11 is 5.77. The number of benzene rings is 2. The molecule has 2 aromatic carbocycles. The molecule has 0 aromatic heterocycles. The normalized spacial score (nSPS) is 17.8. The lowest BCUT2D eigenvalue weighted by Gasteiger charge is -2.26. The molecular formula is C17H17ClFN. The van der Waals surface area contributed by atoms with Gasteiger partial charge >= 0.3 is 0 Å². The number of hydrogen-bond acceptors (Lipinski definition) is 1. The predicted octanol–water partition coefficient (Wildman–Crippen LogP) is 4.65. The Morgan fingerprint density at radius 1 is 1.20 bits per heavy atom. The van der Waals surface area contributed by atoms with E-state index in [1.807, 2.05) is 0 Å². The molecule has 1 aliphatic rings. The Bertz CT molecular complexity index is 612. The van der Waals surface area contributed by atoms with E-state index in [4.69, 9.17) is 11.6 Å². The minimum absolute atomic E-state index is 0.242. The van der Waals surface area contributed by atoms with E-state index in [9.17, 15) is 4.39 Å². The van der Waals surface area contributed by atoms with Crippen molar-refractivity contribution in [3.63, 3.8) is 0 Å². The maximum absolute atomic E-state index is 13.8. The lowest BCUT2D eigenvalue weighted by atomic mass is 9.87. The van der Waals surface area contributed by atoms with Crippen LogP contribution in [-0.2, 0) is 13.0 Å². The fourth-order valence-electron chi connectivity index (χ4n) is 2.86. The van der Waals surface area contributed by atoms with Gasteiger partial charge in [-0.05, 0) is 42.5 Å². The summed E-state index contributed by atoms with van der Waals surface area (Å²) in [6, 6.07) is 13.7. The molecule has 0 spiro atoms. The minimum Gasteiger partial charge on any atom is -0.306 e. The number of rotatable bonds is 3. The zero-order chi connectivity index (χ0) is 13.9. The van der Waals surface area contributed by atoms with E-state index >= 15 is 0 Å². The van der Waals surface area contributed by atoms with Gasteiger partial charge in [-0.15, -0.1) is 0 Å². The Morgan fingerprint density at radius 3 is 2.90 bits per heavy atom. The average molecular weight is 290 g/mol. The van der Waals surface area contributed by atoms with Crippen molar-refractivity contribution in [3.05, 3.63) is 70.0 Å². The van der Waals surface area contributed by atoms with E-state index in [0.717, 1.165) is 12.8 Å². The molecule has 1 unspecified atom stereocenters. The van der Waals surface area contributed by atoms with Crippen LogP contribution in [0.4, 0.5) is 4.39 Å². The van der Waals surface area contributed by atoms with Crippen LogP contribution in [-0.4, -0.2) is 0 Å². The summed E-state index contributed by atoms with van der Waals surface area (Å²) in [5.41, 5.74) is 3.43. The molecular weight excluding hydrogens is 273 g/mol. The third-order valence-corrected chi connectivity index (χ3v) is 4.16. The smallest absolute Gasteiger partial charge is 0.129 e. The van der Waals surface area contributed by atoms with Gasteiger partial charge in [-0.25, -0.2) is 4.39 Å². The summed E-state index contributed by atoms with van der Waals surface area (Å²) < 4.78 is 13.8. The topological polar surface area (TPSA) is 12.0 Å². The lowest BCUT2D eigenvalue weighted by molar-refractivity contribution is 0.452. The number of hydrogen-bond donors (Lipinski definition) is 1. The van der Waals surface area contributed by atoms with Crippen LogP contribution in [0.25, 0.3) is 0 Å². The molecule has 3 heteroatoms. The molecule has 0 radical (unpaired) electrons. The van der Waals surface area contributed by atoms with Crippen LogP contribution >= 0.6 is 11.6 Å². The van der Waals surface area contributed by atoms with Crippen LogP contribution in [0.3, 0.4) is 0 Å². The first-order valence-corrected chi connectivity index (χ1v) is 7.37. The second-order valence-electron chi connectivity index (χ2n) is 5.26. The van der Waals surface area contributed by atoms with Crippen LogP contribution in [0, 0.1) is 5.82 Å². The molecule has 0 fully saturated rings. The van der Waals surface area contributed by atoms with E-state index in [0.29, 0.717) is 23.2 Å². The Labute approximate surface area is 123 Å². The maximum Gasteiger partial charge on any atom is 0.129 e. The molecule has 20 heavy (non-hydrogen) atoms. The average Bonchev–Trinajstić information content (AvgIpc) is 2.46. The van der Waals surface area contributed by atoms with Crippen molar-refractivity contribution < 1.29 is 4.39 Å². The van der Waals surface area contributed by atoms with Crippen molar-refractivity contribution in [1.29, 1.82) is 0 Å². The summed E-state index contributed by atoms with van der Waals surface area (Å²) in [5, 5.41) is 3.91. The number of halogens is 2. The molecule has 0 saturated carbocycles. The van der Waals surface area contributed by atoms with Crippen molar-refractivity contribution in [2.75, 3.05) is 0 Å². The highest BCUT2D eigenvalue weighted by atomic mass is 35.5. The number of aryl methyl sites for hydroxylation is 1. The number of nitrogens with one attached hydrogen (secondary N) is 1. The van der Waals surface area contributed by atoms with E-state index in [2.05, 4.69) is 29.6 Å². The third kappa shape index (κ3) is 2.87. The van der Waals surface area contributed by atoms with Crippen molar-refractivity contribution >= 4 is 11.6 Å². The molecule has 0 saturated heterocycles. The second-order valence-corrected chi connectivity index (χ2v) is 5.70. The second kappa shape index (κ2) is 5.94.